The quantitative estimate of drug-likeness (QED) is 0.808. The lowest BCUT2D eigenvalue weighted by molar-refractivity contribution is -0.132. The summed E-state index contributed by atoms with van der Waals surface area (Å²) in [6.07, 6.45) is 7.69. The summed E-state index contributed by atoms with van der Waals surface area (Å²) in [5.41, 5.74) is 5.72. The maximum absolute atomic E-state index is 12.1. The fraction of sp³-hybridized carbons (Fsp3) is 0.938. The number of amides is 1. The van der Waals surface area contributed by atoms with Crippen molar-refractivity contribution in [3.05, 3.63) is 0 Å². The standard InChI is InChI=1S/C16H31N3O/c1-14(17)5-4-6-16(20)19-11-7-15(8-12-19)13-18-9-2-3-10-18/h14-15H,2-13,17H2,1H3. The maximum atomic E-state index is 12.1. The molecule has 0 bridgehead atoms. The molecule has 0 spiro atoms. The van der Waals surface area contributed by atoms with E-state index in [0.29, 0.717) is 12.3 Å². The molecule has 4 heteroatoms. The highest BCUT2D eigenvalue weighted by molar-refractivity contribution is 5.76. The zero-order valence-corrected chi connectivity index (χ0v) is 13.0. The molecule has 1 atom stereocenters. The van der Waals surface area contributed by atoms with Gasteiger partial charge in [-0.3, -0.25) is 4.79 Å². The zero-order chi connectivity index (χ0) is 14.4. The van der Waals surface area contributed by atoms with E-state index in [2.05, 4.69) is 9.80 Å². The van der Waals surface area contributed by atoms with Crippen molar-refractivity contribution < 1.29 is 4.79 Å². The van der Waals surface area contributed by atoms with E-state index in [9.17, 15) is 4.79 Å². The third kappa shape index (κ3) is 5.06. The number of piperidine rings is 1. The fourth-order valence-electron chi connectivity index (χ4n) is 3.43. The van der Waals surface area contributed by atoms with Crippen LogP contribution in [0.5, 0.6) is 0 Å². The number of hydrogen-bond donors (Lipinski definition) is 1. The Morgan fingerprint density at radius 3 is 2.45 bits per heavy atom. The monoisotopic (exact) mass is 281 g/mol. The SMILES string of the molecule is CC(N)CCCC(=O)N1CCC(CN2CCCC2)CC1. The second kappa shape index (κ2) is 7.99. The first-order valence-corrected chi connectivity index (χ1v) is 8.41. The molecule has 0 aliphatic carbocycles. The second-order valence-electron chi connectivity index (χ2n) is 6.70. The highest BCUT2D eigenvalue weighted by Gasteiger charge is 2.24. The van der Waals surface area contributed by atoms with Crippen LogP contribution in [-0.4, -0.2) is 54.5 Å². The average molecular weight is 281 g/mol. The van der Waals surface area contributed by atoms with Gasteiger partial charge in [0, 0.05) is 32.1 Å². The highest BCUT2D eigenvalue weighted by atomic mass is 16.2. The topological polar surface area (TPSA) is 49.6 Å². The molecule has 2 heterocycles. The second-order valence-corrected chi connectivity index (χ2v) is 6.70. The van der Waals surface area contributed by atoms with Gasteiger partial charge in [0.15, 0.2) is 0 Å². The van der Waals surface area contributed by atoms with Crippen LogP contribution in [0.4, 0.5) is 0 Å². The molecule has 0 saturated carbocycles. The van der Waals surface area contributed by atoms with Crippen molar-refractivity contribution in [3.8, 4) is 0 Å². The Balaban J connectivity index is 1.61. The van der Waals surface area contributed by atoms with Gasteiger partial charge in [0.05, 0.1) is 0 Å². The minimum absolute atomic E-state index is 0.217. The third-order valence-corrected chi connectivity index (χ3v) is 4.73. The molecule has 2 fully saturated rings. The lowest BCUT2D eigenvalue weighted by Gasteiger charge is -2.34. The zero-order valence-electron chi connectivity index (χ0n) is 13.0. The van der Waals surface area contributed by atoms with Gasteiger partial charge in [-0.05, 0) is 64.5 Å². The van der Waals surface area contributed by atoms with Crippen LogP contribution in [0.2, 0.25) is 0 Å². The molecule has 4 nitrogen and oxygen atoms in total. The van der Waals surface area contributed by atoms with Gasteiger partial charge in [-0.25, -0.2) is 0 Å². The van der Waals surface area contributed by atoms with Crippen molar-refractivity contribution in [3.63, 3.8) is 0 Å². The Labute approximate surface area is 123 Å². The van der Waals surface area contributed by atoms with Crippen molar-refractivity contribution in [2.24, 2.45) is 11.7 Å². The van der Waals surface area contributed by atoms with Gasteiger partial charge in [-0.2, -0.15) is 0 Å². The first-order chi connectivity index (χ1) is 9.65. The maximum Gasteiger partial charge on any atom is 0.222 e. The molecular formula is C16H31N3O. The van der Waals surface area contributed by atoms with E-state index in [4.69, 9.17) is 5.73 Å². The number of hydrogen-bond acceptors (Lipinski definition) is 3. The first-order valence-electron chi connectivity index (χ1n) is 8.41. The molecule has 2 N–H and O–H groups in total. The molecule has 2 aliphatic rings. The molecule has 0 aromatic carbocycles. The molecule has 20 heavy (non-hydrogen) atoms. The Morgan fingerprint density at radius 2 is 1.85 bits per heavy atom. The Kier molecular flexibility index (Phi) is 6.30. The van der Waals surface area contributed by atoms with Gasteiger partial charge in [0.25, 0.3) is 0 Å². The predicted molar refractivity (Wildman–Crippen MR) is 82.5 cm³/mol. The van der Waals surface area contributed by atoms with Crippen LogP contribution in [0.1, 0.15) is 51.9 Å². The molecule has 1 amide bonds. The summed E-state index contributed by atoms with van der Waals surface area (Å²) < 4.78 is 0. The summed E-state index contributed by atoms with van der Waals surface area (Å²) in [6, 6.07) is 0.217. The van der Waals surface area contributed by atoms with E-state index >= 15 is 0 Å². The Bertz CT molecular complexity index is 292. The van der Waals surface area contributed by atoms with Crippen molar-refractivity contribution in [2.45, 2.75) is 57.9 Å². The Hall–Kier alpha value is -0.610. The van der Waals surface area contributed by atoms with Crippen LogP contribution in [0, 0.1) is 5.92 Å². The van der Waals surface area contributed by atoms with Crippen molar-refractivity contribution in [1.29, 1.82) is 0 Å². The summed E-state index contributed by atoms with van der Waals surface area (Å²) in [6.45, 7) is 7.78. The summed E-state index contributed by atoms with van der Waals surface area (Å²) in [5.74, 6) is 1.14. The third-order valence-electron chi connectivity index (χ3n) is 4.73. The number of nitrogens with zero attached hydrogens (tertiary/aromatic N) is 2. The van der Waals surface area contributed by atoms with Crippen LogP contribution in [0.3, 0.4) is 0 Å². The highest BCUT2D eigenvalue weighted by Crippen LogP contribution is 2.21. The van der Waals surface area contributed by atoms with E-state index < -0.39 is 0 Å². The smallest absolute Gasteiger partial charge is 0.222 e. The summed E-state index contributed by atoms with van der Waals surface area (Å²) >= 11 is 0. The van der Waals surface area contributed by atoms with Crippen LogP contribution >= 0.6 is 0 Å². The molecule has 2 rings (SSSR count). The summed E-state index contributed by atoms with van der Waals surface area (Å²) in [7, 11) is 0. The number of rotatable bonds is 6. The van der Waals surface area contributed by atoms with Gasteiger partial charge >= 0.3 is 0 Å². The first kappa shape index (κ1) is 15.8. The number of likely N-dealkylation sites (tertiary alicyclic amines) is 2. The van der Waals surface area contributed by atoms with E-state index in [1.165, 1.54) is 45.3 Å². The van der Waals surface area contributed by atoms with Gasteiger partial charge < -0.3 is 15.5 Å². The van der Waals surface area contributed by atoms with E-state index in [1.54, 1.807) is 0 Å². The van der Waals surface area contributed by atoms with Crippen LogP contribution in [0.25, 0.3) is 0 Å². The number of carbonyl (C=O) groups is 1. The fourth-order valence-corrected chi connectivity index (χ4v) is 3.43. The molecule has 2 saturated heterocycles. The van der Waals surface area contributed by atoms with Gasteiger partial charge in [0.2, 0.25) is 5.91 Å². The molecule has 1 unspecified atom stereocenters. The van der Waals surface area contributed by atoms with Crippen molar-refractivity contribution in [1.82, 2.24) is 9.80 Å². The minimum atomic E-state index is 0.217. The molecular weight excluding hydrogens is 250 g/mol. The predicted octanol–water partition coefficient (Wildman–Crippen LogP) is 1.84. The molecule has 2 aliphatic heterocycles. The summed E-state index contributed by atoms with van der Waals surface area (Å²) in [5, 5.41) is 0. The normalized spacial score (nSPS) is 23.2. The van der Waals surface area contributed by atoms with Crippen molar-refractivity contribution in [2.75, 3.05) is 32.7 Å². The van der Waals surface area contributed by atoms with Gasteiger partial charge in [-0.15, -0.1) is 0 Å². The molecule has 0 aromatic rings. The molecule has 116 valence electrons. The van der Waals surface area contributed by atoms with Crippen molar-refractivity contribution >= 4 is 5.91 Å². The lowest BCUT2D eigenvalue weighted by Crippen LogP contribution is -2.41. The Morgan fingerprint density at radius 1 is 1.20 bits per heavy atom. The van der Waals surface area contributed by atoms with Gasteiger partial charge in [-0.1, -0.05) is 0 Å². The average Bonchev–Trinajstić information content (AvgIpc) is 2.92. The number of carbonyl (C=O) groups excluding carboxylic acids is 1. The summed E-state index contributed by atoms with van der Waals surface area (Å²) in [4.78, 5) is 16.8. The lowest BCUT2D eigenvalue weighted by atomic mass is 9.96. The van der Waals surface area contributed by atoms with Crippen LogP contribution < -0.4 is 5.73 Å². The van der Waals surface area contributed by atoms with Gasteiger partial charge in [0.1, 0.15) is 0 Å². The van der Waals surface area contributed by atoms with Crippen LogP contribution in [0.15, 0.2) is 0 Å². The van der Waals surface area contributed by atoms with E-state index in [1.807, 2.05) is 6.92 Å². The largest absolute Gasteiger partial charge is 0.343 e. The van der Waals surface area contributed by atoms with E-state index in [0.717, 1.165) is 31.8 Å². The van der Waals surface area contributed by atoms with E-state index in [-0.39, 0.29) is 6.04 Å². The minimum Gasteiger partial charge on any atom is -0.343 e. The van der Waals surface area contributed by atoms with Crippen LogP contribution in [-0.2, 0) is 4.79 Å². The number of nitrogens with two attached hydrogens (primary N) is 1. The molecule has 0 aromatic heterocycles. The molecule has 0 radical (unpaired) electrons.